The third-order valence-corrected chi connectivity index (χ3v) is 9.04. The smallest absolute Gasteiger partial charge is 0.348 e. The number of fused-ring (bicyclic) bond motifs is 1. The minimum atomic E-state index is -4.45. The van der Waals surface area contributed by atoms with Crippen LogP contribution in [-0.2, 0) is 21.0 Å². The number of hydrogen-bond acceptors (Lipinski definition) is 4. The molecule has 2 aromatic rings. The Hall–Kier alpha value is -2.92. The minimum Gasteiger partial charge on any atom is -0.348 e. The van der Waals surface area contributed by atoms with Crippen LogP contribution < -0.4 is 5.32 Å². The van der Waals surface area contributed by atoms with E-state index in [4.69, 9.17) is 0 Å². The van der Waals surface area contributed by atoms with Crippen LogP contribution in [0.5, 0.6) is 0 Å². The van der Waals surface area contributed by atoms with Crippen LogP contribution >= 0.6 is 0 Å². The van der Waals surface area contributed by atoms with Crippen molar-refractivity contribution in [3.63, 3.8) is 0 Å². The summed E-state index contributed by atoms with van der Waals surface area (Å²) < 4.78 is 64.7. The molecular formula is C25H28F3N3O4S. The summed E-state index contributed by atoms with van der Waals surface area (Å²) in [6.45, 7) is 4.06. The molecule has 1 N–H and O–H groups in total. The molecule has 1 heterocycles. The van der Waals surface area contributed by atoms with Crippen molar-refractivity contribution in [3.8, 4) is 0 Å². The van der Waals surface area contributed by atoms with Crippen LogP contribution in [0.2, 0.25) is 0 Å². The van der Waals surface area contributed by atoms with Gasteiger partial charge in [-0.2, -0.15) is 13.2 Å². The molecule has 2 fully saturated rings. The van der Waals surface area contributed by atoms with Gasteiger partial charge in [0.15, 0.2) is 0 Å². The fourth-order valence-corrected chi connectivity index (χ4v) is 5.92. The number of piperidine rings is 1. The van der Waals surface area contributed by atoms with Gasteiger partial charge in [-0.05, 0) is 60.6 Å². The van der Waals surface area contributed by atoms with Crippen LogP contribution in [0.15, 0.2) is 53.4 Å². The van der Waals surface area contributed by atoms with E-state index < -0.39 is 39.8 Å². The second kappa shape index (κ2) is 9.19. The predicted molar refractivity (Wildman–Crippen MR) is 126 cm³/mol. The Labute approximate surface area is 208 Å². The van der Waals surface area contributed by atoms with Gasteiger partial charge in [-0.3, -0.25) is 9.59 Å². The SMILES string of the molecule is CC1C2CN(C(=O)c3cccc(S(=O)(=O)N(C)C)c3)[C@@H](C(=O)N[C@H](C)c3ccc(C(F)(F)F)cc3)C12. The van der Waals surface area contributed by atoms with Crippen molar-refractivity contribution >= 4 is 21.8 Å². The Morgan fingerprint density at radius 1 is 1.11 bits per heavy atom. The highest BCUT2D eigenvalue weighted by Gasteiger charge is 2.62. The monoisotopic (exact) mass is 523 g/mol. The van der Waals surface area contributed by atoms with Crippen molar-refractivity contribution in [2.75, 3.05) is 20.6 Å². The Kier molecular flexibility index (Phi) is 6.67. The van der Waals surface area contributed by atoms with Gasteiger partial charge in [-0.15, -0.1) is 0 Å². The molecule has 36 heavy (non-hydrogen) atoms. The summed E-state index contributed by atoms with van der Waals surface area (Å²) in [5, 5.41) is 2.84. The van der Waals surface area contributed by atoms with Crippen molar-refractivity contribution in [2.24, 2.45) is 17.8 Å². The Bertz CT molecular complexity index is 1280. The molecule has 7 nitrogen and oxygen atoms in total. The first-order valence-corrected chi connectivity index (χ1v) is 13.0. The van der Waals surface area contributed by atoms with E-state index >= 15 is 0 Å². The average Bonchev–Trinajstić information content (AvgIpc) is 3.26. The van der Waals surface area contributed by atoms with E-state index in [2.05, 4.69) is 5.32 Å². The minimum absolute atomic E-state index is 0.0204. The van der Waals surface area contributed by atoms with Crippen molar-refractivity contribution in [3.05, 3.63) is 65.2 Å². The van der Waals surface area contributed by atoms with Crippen LogP contribution in [0.4, 0.5) is 13.2 Å². The van der Waals surface area contributed by atoms with E-state index in [-0.39, 0.29) is 34.1 Å². The van der Waals surface area contributed by atoms with Gasteiger partial charge in [0.05, 0.1) is 16.5 Å². The lowest BCUT2D eigenvalue weighted by atomic mass is 10.0. The topological polar surface area (TPSA) is 86.8 Å². The van der Waals surface area contributed by atoms with Crippen molar-refractivity contribution in [2.45, 2.75) is 37.0 Å². The number of nitrogens with zero attached hydrogens (tertiary/aromatic N) is 2. The summed E-state index contributed by atoms with van der Waals surface area (Å²) in [6, 6.07) is 9.00. The van der Waals surface area contributed by atoms with Gasteiger partial charge in [-0.25, -0.2) is 12.7 Å². The lowest BCUT2D eigenvalue weighted by Gasteiger charge is -2.29. The zero-order valence-corrected chi connectivity index (χ0v) is 21.1. The van der Waals surface area contributed by atoms with Crippen molar-refractivity contribution in [1.29, 1.82) is 0 Å². The number of likely N-dealkylation sites (tertiary alicyclic amines) is 1. The molecule has 0 aromatic heterocycles. The molecule has 2 amide bonds. The molecule has 1 saturated carbocycles. The molecule has 0 spiro atoms. The van der Waals surface area contributed by atoms with E-state index in [1.807, 2.05) is 6.92 Å². The molecule has 2 aromatic carbocycles. The summed E-state index contributed by atoms with van der Waals surface area (Å²) >= 11 is 0. The number of hydrogen-bond donors (Lipinski definition) is 1. The molecule has 3 unspecified atom stereocenters. The largest absolute Gasteiger partial charge is 0.416 e. The standard InChI is InChI=1S/C25H28F3N3O4S/c1-14-20-13-31(24(33)17-6-5-7-19(12-17)36(34,35)30(3)4)22(21(14)20)23(32)29-15(2)16-8-10-18(11-9-16)25(26,27)28/h5-12,14-15,20-22H,13H2,1-4H3,(H,29,32)/t14?,15-,20?,21?,22-/m1/s1. The molecule has 4 rings (SSSR count). The van der Waals surface area contributed by atoms with Crippen molar-refractivity contribution in [1.82, 2.24) is 14.5 Å². The maximum atomic E-state index is 13.4. The number of amides is 2. The third kappa shape index (κ3) is 4.73. The number of rotatable bonds is 6. The fraction of sp³-hybridized carbons (Fsp3) is 0.440. The van der Waals surface area contributed by atoms with Gasteiger partial charge >= 0.3 is 6.18 Å². The molecule has 194 valence electrons. The molecule has 1 aliphatic heterocycles. The first-order valence-electron chi connectivity index (χ1n) is 11.5. The molecule has 0 radical (unpaired) electrons. The molecule has 5 atom stereocenters. The van der Waals surface area contributed by atoms with E-state index in [0.29, 0.717) is 12.1 Å². The van der Waals surface area contributed by atoms with Gasteiger partial charge in [0, 0.05) is 26.2 Å². The number of carbonyl (C=O) groups is 2. The van der Waals surface area contributed by atoms with Crippen LogP contribution in [-0.4, -0.2) is 56.1 Å². The summed E-state index contributed by atoms with van der Waals surface area (Å²) in [7, 11) is -0.943. The zero-order chi connectivity index (χ0) is 26.6. The second-order valence-corrected chi connectivity index (χ2v) is 11.8. The fourth-order valence-electron chi connectivity index (χ4n) is 4.97. The van der Waals surface area contributed by atoms with E-state index in [1.54, 1.807) is 6.92 Å². The summed E-state index contributed by atoms with van der Waals surface area (Å²) in [5.74, 6) is -0.425. The van der Waals surface area contributed by atoms with Gasteiger partial charge < -0.3 is 10.2 Å². The highest BCUT2D eigenvalue weighted by atomic mass is 32.2. The van der Waals surface area contributed by atoms with Gasteiger partial charge in [0.2, 0.25) is 15.9 Å². The first-order chi connectivity index (χ1) is 16.7. The number of halogens is 3. The number of sulfonamides is 1. The quantitative estimate of drug-likeness (QED) is 0.628. The first kappa shape index (κ1) is 26.2. The van der Waals surface area contributed by atoms with Gasteiger partial charge in [0.1, 0.15) is 6.04 Å². The highest BCUT2D eigenvalue weighted by molar-refractivity contribution is 7.89. The van der Waals surface area contributed by atoms with Gasteiger partial charge in [-0.1, -0.05) is 25.1 Å². The van der Waals surface area contributed by atoms with E-state index in [1.165, 1.54) is 55.4 Å². The summed E-state index contributed by atoms with van der Waals surface area (Å²) in [6.07, 6.45) is -4.45. The van der Waals surface area contributed by atoms with Crippen LogP contribution in [0.25, 0.3) is 0 Å². The molecular weight excluding hydrogens is 495 g/mol. The molecule has 2 aliphatic rings. The maximum Gasteiger partial charge on any atom is 0.416 e. The second-order valence-electron chi connectivity index (χ2n) is 9.67. The van der Waals surface area contributed by atoms with Gasteiger partial charge in [0.25, 0.3) is 5.91 Å². The molecule has 11 heteroatoms. The molecule has 1 aliphatic carbocycles. The number of alkyl halides is 3. The third-order valence-electron chi connectivity index (χ3n) is 7.23. The number of benzene rings is 2. The Balaban J connectivity index is 1.53. The van der Waals surface area contributed by atoms with Crippen molar-refractivity contribution < 1.29 is 31.2 Å². The Morgan fingerprint density at radius 3 is 2.33 bits per heavy atom. The van der Waals surface area contributed by atoms with Crippen LogP contribution in [0.1, 0.15) is 41.4 Å². The normalized spacial score (nSPS) is 24.4. The molecule has 1 saturated heterocycles. The summed E-state index contributed by atoms with van der Waals surface area (Å²) in [5.41, 5.74) is -0.0971. The lowest BCUT2D eigenvalue weighted by molar-refractivity contribution is -0.137. The summed E-state index contributed by atoms with van der Waals surface area (Å²) in [4.78, 5) is 28.2. The van der Waals surface area contributed by atoms with Crippen LogP contribution in [0.3, 0.4) is 0 Å². The van der Waals surface area contributed by atoms with E-state index in [9.17, 15) is 31.2 Å². The lowest BCUT2D eigenvalue weighted by Crippen LogP contribution is -2.49. The Morgan fingerprint density at radius 2 is 1.75 bits per heavy atom. The maximum absolute atomic E-state index is 13.4. The molecule has 0 bridgehead atoms. The average molecular weight is 524 g/mol. The number of nitrogens with one attached hydrogen (secondary N) is 1. The predicted octanol–water partition coefficient (Wildman–Crippen LogP) is 3.54. The number of carbonyl (C=O) groups excluding carboxylic acids is 2. The van der Waals surface area contributed by atoms with Crippen LogP contribution in [0, 0.1) is 17.8 Å². The highest BCUT2D eigenvalue weighted by Crippen LogP contribution is 2.55. The zero-order valence-electron chi connectivity index (χ0n) is 20.3. The van der Waals surface area contributed by atoms with E-state index in [0.717, 1.165) is 16.4 Å².